The van der Waals surface area contributed by atoms with Crippen LogP contribution in [-0.2, 0) is 4.79 Å². The van der Waals surface area contributed by atoms with E-state index in [1.165, 1.54) is 12.8 Å². The van der Waals surface area contributed by atoms with Crippen molar-refractivity contribution in [3.05, 3.63) is 23.8 Å². The van der Waals surface area contributed by atoms with Crippen LogP contribution in [0.15, 0.2) is 18.2 Å². The smallest absolute Gasteiger partial charge is 0.260 e. The topological polar surface area (TPSA) is 42.0 Å². The van der Waals surface area contributed by atoms with Crippen molar-refractivity contribution in [3.63, 3.8) is 0 Å². The minimum atomic E-state index is 0.0339. The Morgan fingerprint density at radius 1 is 1.12 bits per heavy atom. The van der Waals surface area contributed by atoms with Crippen molar-refractivity contribution in [1.82, 2.24) is 9.80 Å². The van der Waals surface area contributed by atoms with Gasteiger partial charge in [-0.15, -0.1) is 0 Å². The molecule has 0 N–H and O–H groups in total. The second-order valence-electron chi connectivity index (χ2n) is 7.22. The van der Waals surface area contributed by atoms with Gasteiger partial charge in [-0.3, -0.25) is 4.79 Å². The zero-order valence-corrected chi connectivity index (χ0v) is 16.5. The summed E-state index contributed by atoms with van der Waals surface area (Å²) < 4.78 is 11.2. The molecule has 0 unspecified atom stereocenters. The lowest BCUT2D eigenvalue weighted by Crippen LogP contribution is -2.37. The number of ether oxygens (including phenoxy) is 2. The van der Waals surface area contributed by atoms with Gasteiger partial charge in [-0.2, -0.15) is 0 Å². The number of benzene rings is 1. The molecular formula is C20H28N2O3S. The van der Waals surface area contributed by atoms with E-state index in [0.29, 0.717) is 11.5 Å². The van der Waals surface area contributed by atoms with Crippen LogP contribution in [0.5, 0.6) is 11.5 Å². The number of hydrogen-bond donors (Lipinski definition) is 0. The van der Waals surface area contributed by atoms with Crippen LogP contribution >= 0.6 is 12.2 Å². The van der Waals surface area contributed by atoms with Crippen molar-refractivity contribution in [3.8, 4) is 11.5 Å². The summed E-state index contributed by atoms with van der Waals surface area (Å²) in [5.74, 6) is 2.00. The van der Waals surface area contributed by atoms with Gasteiger partial charge in [-0.1, -0.05) is 19.1 Å². The van der Waals surface area contributed by atoms with Gasteiger partial charge in [-0.05, 0) is 49.8 Å². The number of piperidine rings is 1. The summed E-state index contributed by atoms with van der Waals surface area (Å²) in [6, 6.07) is 5.72. The fourth-order valence-corrected chi connectivity index (χ4v) is 3.82. The maximum atomic E-state index is 12.2. The van der Waals surface area contributed by atoms with Gasteiger partial charge < -0.3 is 19.3 Å². The monoisotopic (exact) mass is 376 g/mol. The van der Waals surface area contributed by atoms with Crippen molar-refractivity contribution in [2.24, 2.45) is 5.92 Å². The van der Waals surface area contributed by atoms with Crippen LogP contribution in [-0.4, -0.2) is 60.6 Å². The van der Waals surface area contributed by atoms with E-state index in [9.17, 15) is 4.79 Å². The van der Waals surface area contributed by atoms with Gasteiger partial charge >= 0.3 is 0 Å². The van der Waals surface area contributed by atoms with E-state index < -0.39 is 0 Å². The average Bonchev–Trinajstić information content (AvgIpc) is 3.21. The number of likely N-dealkylation sites (tertiary alicyclic amines) is 2. The van der Waals surface area contributed by atoms with Gasteiger partial charge in [0.25, 0.3) is 5.91 Å². The number of amides is 1. The van der Waals surface area contributed by atoms with Gasteiger partial charge in [0, 0.05) is 31.7 Å². The van der Waals surface area contributed by atoms with Gasteiger partial charge in [0.15, 0.2) is 18.1 Å². The molecule has 142 valence electrons. The van der Waals surface area contributed by atoms with Crippen molar-refractivity contribution in [2.45, 2.75) is 32.6 Å². The van der Waals surface area contributed by atoms with Crippen LogP contribution in [0.3, 0.4) is 0 Å². The zero-order valence-electron chi connectivity index (χ0n) is 15.7. The van der Waals surface area contributed by atoms with Crippen LogP contribution < -0.4 is 9.47 Å². The summed E-state index contributed by atoms with van der Waals surface area (Å²) in [4.78, 5) is 17.1. The largest absolute Gasteiger partial charge is 0.493 e. The highest BCUT2D eigenvalue weighted by Crippen LogP contribution is 2.29. The molecule has 0 spiro atoms. The van der Waals surface area contributed by atoms with E-state index in [1.807, 2.05) is 23.1 Å². The third kappa shape index (κ3) is 4.47. The molecule has 26 heavy (non-hydrogen) atoms. The van der Waals surface area contributed by atoms with Crippen molar-refractivity contribution in [2.75, 3.05) is 39.9 Å². The normalized spacial score (nSPS) is 18.1. The summed E-state index contributed by atoms with van der Waals surface area (Å²) in [5, 5.41) is 0. The first-order valence-electron chi connectivity index (χ1n) is 9.46. The molecule has 1 aromatic carbocycles. The number of nitrogens with zero attached hydrogens (tertiary/aromatic N) is 2. The van der Waals surface area contributed by atoms with Gasteiger partial charge in [0.2, 0.25) is 0 Å². The number of methoxy groups -OCH3 is 1. The summed E-state index contributed by atoms with van der Waals surface area (Å²) >= 11 is 5.68. The molecule has 0 radical (unpaired) electrons. The Balaban J connectivity index is 1.63. The Morgan fingerprint density at radius 2 is 1.81 bits per heavy atom. The van der Waals surface area contributed by atoms with Crippen LogP contribution in [0.2, 0.25) is 0 Å². The van der Waals surface area contributed by atoms with Gasteiger partial charge in [0.1, 0.15) is 4.99 Å². The lowest BCUT2D eigenvalue weighted by Gasteiger charge is -2.32. The number of thiocarbonyl (C=S) groups is 1. The Kier molecular flexibility index (Phi) is 6.35. The Morgan fingerprint density at radius 3 is 2.46 bits per heavy atom. The molecule has 0 atom stereocenters. The number of carbonyl (C=O) groups is 1. The zero-order chi connectivity index (χ0) is 18.5. The molecule has 0 aromatic heterocycles. The maximum absolute atomic E-state index is 12.2. The van der Waals surface area contributed by atoms with Crippen LogP contribution in [0, 0.1) is 5.92 Å². The Bertz CT molecular complexity index is 650. The Hall–Kier alpha value is -1.82. The van der Waals surface area contributed by atoms with Crippen molar-refractivity contribution < 1.29 is 14.3 Å². The molecule has 0 aliphatic carbocycles. The fourth-order valence-electron chi connectivity index (χ4n) is 3.51. The van der Waals surface area contributed by atoms with Crippen LogP contribution in [0.4, 0.5) is 0 Å². The first kappa shape index (κ1) is 19.0. The highest BCUT2D eigenvalue weighted by molar-refractivity contribution is 7.80. The molecule has 1 amide bonds. The van der Waals surface area contributed by atoms with E-state index >= 15 is 0 Å². The molecule has 0 saturated carbocycles. The molecule has 0 bridgehead atoms. The molecule has 2 heterocycles. The van der Waals surface area contributed by atoms with Gasteiger partial charge in [-0.25, -0.2) is 0 Å². The van der Waals surface area contributed by atoms with Crippen LogP contribution in [0.1, 0.15) is 38.2 Å². The van der Waals surface area contributed by atoms with Crippen molar-refractivity contribution in [1.29, 1.82) is 0 Å². The summed E-state index contributed by atoms with van der Waals surface area (Å²) in [7, 11) is 1.61. The number of rotatable bonds is 5. The first-order valence-corrected chi connectivity index (χ1v) is 9.87. The average molecular weight is 377 g/mol. The molecule has 6 heteroatoms. The lowest BCUT2D eigenvalue weighted by atomic mass is 9.99. The predicted molar refractivity (Wildman–Crippen MR) is 106 cm³/mol. The standard InChI is InChI=1S/C20H28N2O3S/c1-15-7-11-22(12-8-15)20(26)16-5-6-17(18(13-16)24-2)25-14-19(23)21-9-3-4-10-21/h5-6,13,15H,3-4,7-12,14H2,1-2H3. The van der Waals surface area contributed by atoms with Crippen molar-refractivity contribution >= 4 is 23.1 Å². The molecule has 3 rings (SSSR count). The molecular weight excluding hydrogens is 348 g/mol. The maximum Gasteiger partial charge on any atom is 0.260 e. The molecule has 1 aromatic rings. The highest BCUT2D eigenvalue weighted by atomic mass is 32.1. The van der Waals surface area contributed by atoms with E-state index in [4.69, 9.17) is 21.7 Å². The molecule has 2 aliphatic heterocycles. The minimum Gasteiger partial charge on any atom is -0.493 e. The summed E-state index contributed by atoms with van der Waals surface area (Å²) in [5.41, 5.74) is 0.963. The molecule has 5 nitrogen and oxygen atoms in total. The van der Waals surface area contributed by atoms with E-state index in [-0.39, 0.29) is 12.5 Å². The highest BCUT2D eigenvalue weighted by Gasteiger charge is 2.21. The number of carbonyl (C=O) groups excluding carboxylic acids is 1. The third-order valence-electron chi connectivity index (χ3n) is 5.29. The fraction of sp³-hybridized carbons (Fsp3) is 0.600. The quantitative estimate of drug-likeness (QED) is 0.739. The Labute approximate surface area is 161 Å². The minimum absolute atomic E-state index is 0.0339. The van der Waals surface area contributed by atoms with Gasteiger partial charge in [0.05, 0.1) is 7.11 Å². The van der Waals surface area contributed by atoms with E-state index in [2.05, 4.69) is 11.8 Å². The second-order valence-corrected chi connectivity index (χ2v) is 7.60. The molecule has 2 saturated heterocycles. The second kappa shape index (κ2) is 8.71. The summed E-state index contributed by atoms with van der Waals surface area (Å²) in [6.07, 6.45) is 4.52. The third-order valence-corrected chi connectivity index (χ3v) is 5.79. The molecule has 2 aliphatic rings. The van der Waals surface area contributed by atoms with E-state index in [1.54, 1.807) is 7.11 Å². The van der Waals surface area contributed by atoms with Crippen LogP contribution in [0.25, 0.3) is 0 Å². The predicted octanol–water partition coefficient (Wildman–Crippen LogP) is 3.10. The molecule has 2 fully saturated rings. The lowest BCUT2D eigenvalue weighted by molar-refractivity contribution is -0.132. The first-order chi connectivity index (χ1) is 12.6. The number of hydrogen-bond acceptors (Lipinski definition) is 4. The SMILES string of the molecule is COc1cc(C(=S)N2CCC(C)CC2)ccc1OCC(=O)N1CCCC1. The van der Waals surface area contributed by atoms with E-state index in [0.717, 1.165) is 55.5 Å². The summed E-state index contributed by atoms with van der Waals surface area (Å²) in [6.45, 7) is 6.01.